The van der Waals surface area contributed by atoms with Crippen LogP contribution in [0.1, 0.15) is 0 Å². The number of nitriles is 1. The molecule has 1 aliphatic heterocycles. The third kappa shape index (κ3) is 5.70. The topological polar surface area (TPSA) is 77.4 Å². The van der Waals surface area contributed by atoms with E-state index in [9.17, 15) is 9.18 Å². The number of hydrogen-bond donors (Lipinski definition) is 2. The van der Waals surface area contributed by atoms with Crippen molar-refractivity contribution in [3.05, 3.63) is 41.9 Å². The van der Waals surface area contributed by atoms with Gasteiger partial charge in [-0.15, -0.1) is 0 Å². The van der Waals surface area contributed by atoms with E-state index in [0.717, 1.165) is 32.8 Å². The maximum Gasteiger partial charge on any atom is 0.267 e. The normalized spacial score (nSPS) is 15.7. The van der Waals surface area contributed by atoms with Gasteiger partial charge in [-0.25, -0.2) is 4.39 Å². The minimum absolute atomic E-state index is 0.0312. The first-order valence-electron chi connectivity index (χ1n) is 7.40. The van der Waals surface area contributed by atoms with Gasteiger partial charge < -0.3 is 15.4 Å². The van der Waals surface area contributed by atoms with Crippen LogP contribution < -0.4 is 10.6 Å². The molecule has 0 radical (unpaired) electrons. The lowest BCUT2D eigenvalue weighted by atomic mass is 10.2. The summed E-state index contributed by atoms with van der Waals surface area (Å²) in [5.74, 6) is -0.915. The zero-order chi connectivity index (χ0) is 16.5. The Morgan fingerprint density at radius 2 is 2.04 bits per heavy atom. The molecule has 7 heteroatoms. The average molecular weight is 318 g/mol. The van der Waals surface area contributed by atoms with Crippen LogP contribution in [0.25, 0.3) is 0 Å². The van der Waals surface area contributed by atoms with Crippen LogP contribution in [0.3, 0.4) is 0 Å². The molecular formula is C16H19FN4O2. The first-order valence-corrected chi connectivity index (χ1v) is 7.40. The summed E-state index contributed by atoms with van der Waals surface area (Å²) in [5.41, 5.74) is 0.405. The standard InChI is InChI=1S/C16H19FN4O2/c17-14-1-3-15(4-2-14)20-16(22)13(11-18)12-19-5-6-21-7-9-23-10-8-21/h1-4,12,19H,5-10H2,(H,20,22)/b13-12-. The number of nitrogens with one attached hydrogen (secondary N) is 2. The number of carbonyl (C=O) groups is 1. The Labute approximate surface area is 134 Å². The Bertz CT molecular complexity index is 589. The molecule has 122 valence electrons. The fraction of sp³-hybridized carbons (Fsp3) is 0.375. The van der Waals surface area contributed by atoms with E-state index in [4.69, 9.17) is 10.00 Å². The fourth-order valence-corrected chi connectivity index (χ4v) is 2.10. The van der Waals surface area contributed by atoms with Gasteiger partial charge in [0, 0.05) is 38.1 Å². The van der Waals surface area contributed by atoms with Gasteiger partial charge in [0.05, 0.1) is 13.2 Å². The molecule has 0 atom stereocenters. The summed E-state index contributed by atoms with van der Waals surface area (Å²) < 4.78 is 18.1. The molecule has 0 aliphatic carbocycles. The molecule has 1 aromatic carbocycles. The summed E-state index contributed by atoms with van der Waals surface area (Å²) in [4.78, 5) is 14.2. The van der Waals surface area contributed by atoms with Gasteiger partial charge in [0.25, 0.3) is 5.91 Å². The van der Waals surface area contributed by atoms with Crippen molar-refractivity contribution >= 4 is 11.6 Å². The predicted octanol–water partition coefficient (Wildman–Crippen LogP) is 1.09. The molecule has 2 rings (SSSR count). The van der Waals surface area contributed by atoms with Crippen molar-refractivity contribution in [2.24, 2.45) is 0 Å². The van der Waals surface area contributed by atoms with Crippen molar-refractivity contribution in [1.82, 2.24) is 10.2 Å². The van der Waals surface area contributed by atoms with Gasteiger partial charge in [-0.2, -0.15) is 5.26 Å². The molecular weight excluding hydrogens is 299 g/mol. The number of carbonyl (C=O) groups excluding carboxylic acids is 1. The van der Waals surface area contributed by atoms with Crippen LogP contribution in [0.4, 0.5) is 10.1 Å². The third-order valence-corrected chi connectivity index (χ3v) is 3.39. The average Bonchev–Trinajstić information content (AvgIpc) is 2.58. The van der Waals surface area contributed by atoms with Crippen molar-refractivity contribution in [3.63, 3.8) is 0 Å². The van der Waals surface area contributed by atoms with Gasteiger partial charge in [-0.05, 0) is 24.3 Å². The van der Waals surface area contributed by atoms with Gasteiger partial charge >= 0.3 is 0 Å². The predicted molar refractivity (Wildman–Crippen MR) is 84.0 cm³/mol. The Morgan fingerprint density at radius 3 is 2.70 bits per heavy atom. The van der Waals surface area contributed by atoms with Crippen molar-refractivity contribution in [2.75, 3.05) is 44.7 Å². The quantitative estimate of drug-likeness (QED) is 0.466. The highest BCUT2D eigenvalue weighted by Crippen LogP contribution is 2.09. The maximum atomic E-state index is 12.8. The molecule has 1 aromatic rings. The number of anilines is 1. The molecule has 1 fully saturated rings. The molecule has 1 saturated heterocycles. The maximum absolute atomic E-state index is 12.8. The molecule has 0 saturated carbocycles. The van der Waals surface area contributed by atoms with Crippen molar-refractivity contribution in [1.29, 1.82) is 5.26 Å². The molecule has 0 aromatic heterocycles. The highest BCUT2D eigenvalue weighted by molar-refractivity contribution is 6.06. The van der Waals surface area contributed by atoms with Crippen LogP contribution in [-0.4, -0.2) is 50.2 Å². The number of rotatable bonds is 6. The second-order valence-corrected chi connectivity index (χ2v) is 5.04. The molecule has 0 spiro atoms. The van der Waals surface area contributed by atoms with E-state index in [-0.39, 0.29) is 11.4 Å². The van der Waals surface area contributed by atoms with E-state index < -0.39 is 5.91 Å². The van der Waals surface area contributed by atoms with Crippen LogP contribution in [0, 0.1) is 17.1 Å². The smallest absolute Gasteiger partial charge is 0.267 e. The minimum Gasteiger partial charge on any atom is -0.388 e. The fourth-order valence-electron chi connectivity index (χ4n) is 2.10. The minimum atomic E-state index is -0.530. The number of ether oxygens (including phenoxy) is 1. The van der Waals surface area contributed by atoms with Crippen LogP contribution in [0.5, 0.6) is 0 Å². The number of hydrogen-bond acceptors (Lipinski definition) is 5. The van der Waals surface area contributed by atoms with Crippen molar-refractivity contribution in [3.8, 4) is 6.07 Å². The van der Waals surface area contributed by atoms with Crippen molar-refractivity contribution in [2.45, 2.75) is 0 Å². The Balaban J connectivity index is 1.79. The van der Waals surface area contributed by atoms with Gasteiger partial charge in [0.15, 0.2) is 0 Å². The second-order valence-electron chi connectivity index (χ2n) is 5.04. The molecule has 0 unspecified atom stereocenters. The first-order chi connectivity index (χ1) is 11.2. The second kappa shape index (κ2) is 8.88. The van der Waals surface area contributed by atoms with Gasteiger partial charge in [-0.1, -0.05) is 0 Å². The number of benzene rings is 1. The number of morpholine rings is 1. The lowest BCUT2D eigenvalue weighted by Crippen LogP contribution is -2.39. The Hall–Kier alpha value is -2.43. The van der Waals surface area contributed by atoms with E-state index in [1.165, 1.54) is 30.5 Å². The largest absolute Gasteiger partial charge is 0.388 e. The molecule has 2 N–H and O–H groups in total. The molecule has 23 heavy (non-hydrogen) atoms. The molecule has 6 nitrogen and oxygen atoms in total. The van der Waals surface area contributed by atoms with Crippen LogP contribution in [-0.2, 0) is 9.53 Å². The highest BCUT2D eigenvalue weighted by atomic mass is 19.1. The lowest BCUT2D eigenvalue weighted by Gasteiger charge is -2.26. The lowest BCUT2D eigenvalue weighted by molar-refractivity contribution is -0.112. The van der Waals surface area contributed by atoms with Crippen LogP contribution in [0.15, 0.2) is 36.0 Å². The zero-order valence-electron chi connectivity index (χ0n) is 12.7. The third-order valence-electron chi connectivity index (χ3n) is 3.39. The van der Waals surface area contributed by atoms with E-state index >= 15 is 0 Å². The van der Waals surface area contributed by atoms with Crippen LogP contribution in [0.2, 0.25) is 0 Å². The Kier molecular flexibility index (Phi) is 6.54. The molecule has 0 bridgehead atoms. The summed E-state index contributed by atoms with van der Waals surface area (Å²) in [6.45, 7) is 4.70. The number of amides is 1. The van der Waals surface area contributed by atoms with E-state index in [1.54, 1.807) is 0 Å². The van der Waals surface area contributed by atoms with Crippen LogP contribution >= 0.6 is 0 Å². The number of halogens is 1. The zero-order valence-corrected chi connectivity index (χ0v) is 12.7. The summed E-state index contributed by atoms with van der Waals surface area (Å²) in [5, 5.41) is 14.6. The summed E-state index contributed by atoms with van der Waals surface area (Å²) in [6.07, 6.45) is 1.40. The van der Waals surface area contributed by atoms with Crippen molar-refractivity contribution < 1.29 is 13.9 Å². The molecule has 1 aliphatic rings. The first kappa shape index (κ1) is 16.9. The monoisotopic (exact) mass is 318 g/mol. The summed E-state index contributed by atoms with van der Waals surface area (Å²) in [6, 6.07) is 7.21. The van der Waals surface area contributed by atoms with E-state index in [2.05, 4.69) is 15.5 Å². The molecule has 1 heterocycles. The van der Waals surface area contributed by atoms with Gasteiger partial charge in [-0.3, -0.25) is 9.69 Å². The van der Waals surface area contributed by atoms with Gasteiger partial charge in [0.2, 0.25) is 0 Å². The SMILES string of the molecule is N#C/C(=C/NCCN1CCOCC1)C(=O)Nc1ccc(F)cc1. The highest BCUT2D eigenvalue weighted by Gasteiger charge is 2.11. The van der Waals surface area contributed by atoms with Gasteiger partial charge in [0.1, 0.15) is 17.5 Å². The number of nitrogens with zero attached hydrogens (tertiary/aromatic N) is 2. The summed E-state index contributed by atoms with van der Waals surface area (Å²) >= 11 is 0. The molecule has 1 amide bonds. The van der Waals surface area contributed by atoms with E-state index in [1.807, 2.05) is 6.07 Å². The Morgan fingerprint density at radius 1 is 1.35 bits per heavy atom. The van der Waals surface area contributed by atoms with E-state index in [0.29, 0.717) is 12.2 Å². The summed E-state index contributed by atoms with van der Waals surface area (Å²) in [7, 11) is 0.